The Morgan fingerprint density at radius 2 is 2.17 bits per heavy atom. The van der Waals surface area contributed by atoms with E-state index in [1.54, 1.807) is 0 Å². The first-order chi connectivity index (χ1) is 8.40. The van der Waals surface area contributed by atoms with Gasteiger partial charge in [-0.15, -0.1) is 0 Å². The molecule has 2 N–H and O–H groups in total. The van der Waals surface area contributed by atoms with Gasteiger partial charge in [0.15, 0.2) is 0 Å². The zero-order valence-electron chi connectivity index (χ0n) is 10.2. The maximum absolute atomic E-state index is 11.1. The van der Waals surface area contributed by atoms with Crippen molar-refractivity contribution in [1.29, 1.82) is 0 Å². The van der Waals surface area contributed by atoms with Crippen LogP contribution in [0.5, 0.6) is 0 Å². The first-order valence-electron chi connectivity index (χ1n) is 5.48. The summed E-state index contributed by atoms with van der Waals surface area (Å²) < 4.78 is 25.7. The summed E-state index contributed by atoms with van der Waals surface area (Å²) in [6.07, 6.45) is 2.66. The van der Waals surface area contributed by atoms with Crippen LogP contribution in [0.1, 0.15) is 18.3 Å². The number of hydrogen-bond donors (Lipinski definition) is 1. The molecule has 2 rings (SSSR count). The highest BCUT2D eigenvalue weighted by Gasteiger charge is 2.12. The van der Waals surface area contributed by atoms with Gasteiger partial charge in [-0.1, -0.05) is 0 Å². The van der Waals surface area contributed by atoms with Gasteiger partial charge in [0.1, 0.15) is 4.90 Å². The van der Waals surface area contributed by atoms with E-state index >= 15 is 0 Å². The van der Waals surface area contributed by atoms with E-state index in [2.05, 4.69) is 10.2 Å². The molecule has 2 aromatic heterocycles. The Bertz CT molecular complexity index is 656. The summed E-state index contributed by atoms with van der Waals surface area (Å²) in [7, 11) is -3.69. The van der Waals surface area contributed by atoms with Crippen LogP contribution in [-0.4, -0.2) is 28.0 Å². The lowest BCUT2D eigenvalue weighted by atomic mass is 10.3. The van der Waals surface area contributed by atoms with Gasteiger partial charge >= 0.3 is 0 Å². The van der Waals surface area contributed by atoms with Gasteiger partial charge in [-0.3, -0.25) is 9.36 Å². The quantitative estimate of drug-likeness (QED) is 0.851. The molecular weight excluding hydrogens is 254 g/mol. The highest BCUT2D eigenvalue weighted by Crippen LogP contribution is 2.09. The SMILES string of the molecule is CCn1nc(C)cc1Cn1cc(S(N)(=O)=O)cn1. The number of sulfonamides is 1. The van der Waals surface area contributed by atoms with Crippen LogP contribution in [0, 0.1) is 6.92 Å². The standard InChI is InChI=1S/C10H15N5O2S/c1-3-15-9(4-8(2)13-15)6-14-7-10(5-12-14)18(11,16)17/h4-5,7H,3,6H2,1-2H3,(H2,11,16,17). The molecule has 8 heteroatoms. The van der Waals surface area contributed by atoms with Crippen molar-refractivity contribution in [2.45, 2.75) is 31.8 Å². The van der Waals surface area contributed by atoms with Crippen LogP contribution in [0.2, 0.25) is 0 Å². The van der Waals surface area contributed by atoms with Gasteiger partial charge in [0.2, 0.25) is 10.0 Å². The van der Waals surface area contributed by atoms with E-state index in [0.29, 0.717) is 6.54 Å². The predicted molar refractivity (Wildman–Crippen MR) is 65.3 cm³/mol. The van der Waals surface area contributed by atoms with Gasteiger partial charge in [-0.05, 0) is 19.9 Å². The van der Waals surface area contributed by atoms with Crippen LogP contribution in [-0.2, 0) is 23.1 Å². The lowest BCUT2D eigenvalue weighted by Crippen LogP contribution is -2.11. The second kappa shape index (κ2) is 4.54. The number of primary sulfonamides is 1. The summed E-state index contributed by atoms with van der Waals surface area (Å²) in [5, 5.41) is 13.3. The van der Waals surface area contributed by atoms with Crippen LogP contribution in [0.25, 0.3) is 0 Å². The van der Waals surface area contributed by atoms with E-state index in [9.17, 15) is 8.42 Å². The number of aromatic nitrogens is 4. The zero-order valence-corrected chi connectivity index (χ0v) is 11.1. The second-order valence-electron chi connectivity index (χ2n) is 4.01. The van der Waals surface area contributed by atoms with Crippen LogP contribution >= 0.6 is 0 Å². The van der Waals surface area contributed by atoms with E-state index in [-0.39, 0.29) is 4.90 Å². The van der Waals surface area contributed by atoms with E-state index in [0.717, 1.165) is 17.9 Å². The Balaban J connectivity index is 2.26. The van der Waals surface area contributed by atoms with Gasteiger partial charge in [0, 0.05) is 12.7 Å². The maximum Gasteiger partial charge on any atom is 0.241 e. The number of hydrogen-bond acceptors (Lipinski definition) is 4. The molecule has 0 saturated carbocycles. The Kier molecular flexibility index (Phi) is 3.22. The maximum atomic E-state index is 11.1. The molecule has 0 aliphatic rings. The van der Waals surface area contributed by atoms with Crippen molar-refractivity contribution in [3.05, 3.63) is 29.8 Å². The molecule has 2 aromatic rings. The van der Waals surface area contributed by atoms with Crippen molar-refractivity contribution >= 4 is 10.0 Å². The molecule has 0 aliphatic carbocycles. The number of nitrogens with two attached hydrogens (primary N) is 1. The third kappa shape index (κ3) is 2.59. The Morgan fingerprint density at radius 3 is 2.72 bits per heavy atom. The molecule has 0 fully saturated rings. The molecular formula is C10H15N5O2S. The zero-order chi connectivity index (χ0) is 13.3. The van der Waals surface area contributed by atoms with Crippen LogP contribution in [0.4, 0.5) is 0 Å². The summed E-state index contributed by atoms with van der Waals surface area (Å²) in [5.74, 6) is 0. The van der Waals surface area contributed by atoms with Gasteiger partial charge < -0.3 is 0 Å². The average molecular weight is 269 g/mol. The summed E-state index contributed by atoms with van der Waals surface area (Å²) in [6.45, 7) is 5.13. The first kappa shape index (κ1) is 12.8. The molecule has 0 radical (unpaired) electrons. The van der Waals surface area contributed by atoms with Crippen LogP contribution in [0.3, 0.4) is 0 Å². The lowest BCUT2D eigenvalue weighted by molar-refractivity contribution is 0.574. The van der Waals surface area contributed by atoms with Crippen molar-refractivity contribution in [2.75, 3.05) is 0 Å². The summed E-state index contributed by atoms with van der Waals surface area (Å²) in [4.78, 5) is 0.0155. The molecule has 0 unspecified atom stereocenters. The van der Waals surface area contributed by atoms with Crippen molar-refractivity contribution in [3.8, 4) is 0 Å². The van der Waals surface area contributed by atoms with E-state index in [1.807, 2.05) is 24.6 Å². The summed E-state index contributed by atoms with van der Waals surface area (Å²) >= 11 is 0. The van der Waals surface area contributed by atoms with Crippen molar-refractivity contribution in [2.24, 2.45) is 5.14 Å². The van der Waals surface area contributed by atoms with E-state index < -0.39 is 10.0 Å². The number of nitrogens with zero attached hydrogens (tertiary/aromatic N) is 4. The van der Waals surface area contributed by atoms with Gasteiger partial charge in [0.05, 0.1) is 24.1 Å². The minimum atomic E-state index is -3.69. The molecule has 0 amide bonds. The average Bonchev–Trinajstić information content (AvgIpc) is 2.85. The molecule has 2 heterocycles. The third-order valence-corrected chi connectivity index (χ3v) is 3.41. The highest BCUT2D eigenvalue weighted by atomic mass is 32.2. The number of rotatable bonds is 4. The van der Waals surface area contributed by atoms with Crippen molar-refractivity contribution in [1.82, 2.24) is 19.6 Å². The Morgan fingerprint density at radius 1 is 1.44 bits per heavy atom. The fourth-order valence-electron chi connectivity index (χ4n) is 1.74. The van der Waals surface area contributed by atoms with Crippen LogP contribution < -0.4 is 5.14 Å². The Hall–Kier alpha value is -1.67. The molecule has 0 bridgehead atoms. The minimum absolute atomic E-state index is 0.0155. The van der Waals surface area contributed by atoms with Gasteiger partial charge in [0.25, 0.3) is 0 Å². The topological polar surface area (TPSA) is 95.8 Å². The third-order valence-electron chi connectivity index (χ3n) is 2.55. The molecule has 18 heavy (non-hydrogen) atoms. The predicted octanol–water partition coefficient (Wildman–Crippen LogP) is 0.104. The lowest BCUT2D eigenvalue weighted by Gasteiger charge is -2.04. The Labute approximate surface area is 105 Å². The summed E-state index contributed by atoms with van der Waals surface area (Å²) in [5.41, 5.74) is 1.89. The molecule has 0 aliphatic heterocycles. The molecule has 0 aromatic carbocycles. The van der Waals surface area contributed by atoms with Gasteiger partial charge in [-0.25, -0.2) is 13.6 Å². The number of aryl methyl sites for hydroxylation is 2. The fraction of sp³-hybridized carbons (Fsp3) is 0.400. The fourth-order valence-corrected chi connectivity index (χ4v) is 2.21. The van der Waals surface area contributed by atoms with Gasteiger partial charge in [-0.2, -0.15) is 10.2 Å². The minimum Gasteiger partial charge on any atom is -0.268 e. The molecule has 7 nitrogen and oxygen atoms in total. The van der Waals surface area contributed by atoms with Crippen LogP contribution in [0.15, 0.2) is 23.4 Å². The smallest absolute Gasteiger partial charge is 0.241 e. The highest BCUT2D eigenvalue weighted by molar-refractivity contribution is 7.89. The largest absolute Gasteiger partial charge is 0.268 e. The molecule has 0 atom stereocenters. The van der Waals surface area contributed by atoms with Crippen molar-refractivity contribution in [3.63, 3.8) is 0 Å². The normalized spacial score (nSPS) is 11.9. The monoisotopic (exact) mass is 269 g/mol. The van der Waals surface area contributed by atoms with E-state index in [1.165, 1.54) is 17.1 Å². The molecule has 98 valence electrons. The summed E-state index contributed by atoms with van der Waals surface area (Å²) in [6, 6.07) is 1.95. The second-order valence-corrected chi connectivity index (χ2v) is 5.57. The first-order valence-corrected chi connectivity index (χ1v) is 7.03. The molecule has 0 spiro atoms. The molecule has 0 saturated heterocycles. The van der Waals surface area contributed by atoms with E-state index in [4.69, 9.17) is 5.14 Å². The van der Waals surface area contributed by atoms with Crippen molar-refractivity contribution < 1.29 is 8.42 Å².